The molecule has 0 aliphatic rings. The molecule has 2 aromatic rings. The van der Waals surface area contributed by atoms with Crippen LogP contribution >= 0.6 is 15.9 Å². The minimum Gasteiger partial charge on any atom is -0.383 e. The van der Waals surface area contributed by atoms with E-state index in [1.54, 1.807) is 16.8 Å². The molecule has 0 bridgehead atoms. The molecule has 0 spiro atoms. The first kappa shape index (κ1) is 11.9. The van der Waals surface area contributed by atoms with Gasteiger partial charge in [0.15, 0.2) is 0 Å². The van der Waals surface area contributed by atoms with Gasteiger partial charge < -0.3 is 9.88 Å². The molecule has 0 atom stereocenters. The van der Waals surface area contributed by atoms with E-state index >= 15 is 0 Å². The van der Waals surface area contributed by atoms with Crippen molar-refractivity contribution in [2.75, 3.05) is 11.9 Å². The van der Waals surface area contributed by atoms with Gasteiger partial charge in [-0.25, -0.2) is 0 Å². The number of hydrogen-bond acceptors (Lipinski definition) is 2. The zero-order valence-electron chi connectivity index (χ0n) is 9.27. The van der Waals surface area contributed by atoms with Crippen molar-refractivity contribution in [1.82, 2.24) is 4.57 Å². The Hall–Kier alpha value is -1.55. The molecule has 1 heterocycles. The van der Waals surface area contributed by atoms with Crippen molar-refractivity contribution in [1.29, 1.82) is 0 Å². The Morgan fingerprint density at radius 1 is 1.12 bits per heavy atom. The number of pyridine rings is 1. The van der Waals surface area contributed by atoms with Crippen LogP contribution in [0.1, 0.15) is 0 Å². The van der Waals surface area contributed by atoms with E-state index in [1.807, 2.05) is 36.4 Å². The zero-order chi connectivity index (χ0) is 12.1. The van der Waals surface area contributed by atoms with Crippen molar-refractivity contribution in [3.63, 3.8) is 0 Å². The van der Waals surface area contributed by atoms with E-state index in [0.717, 1.165) is 12.2 Å². The minimum atomic E-state index is 0.00219. The van der Waals surface area contributed by atoms with Gasteiger partial charge in [-0.3, -0.25) is 4.79 Å². The number of para-hydroxylation sites is 1. The molecule has 0 saturated carbocycles. The fourth-order valence-electron chi connectivity index (χ4n) is 1.56. The summed E-state index contributed by atoms with van der Waals surface area (Å²) in [6.45, 7) is 1.37. The van der Waals surface area contributed by atoms with Crippen LogP contribution in [0.3, 0.4) is 0 Å². The van der Waals surface area contributed by atoms with Gasteiger partial charge in [0, 0.05) is 25.0 Å². The second-order valence-corrected chi connectivity index (χ2v) is 4.50. The highest BCUT2D eigenvalue weighted by molar-refractivity contribution is 9.10. The Morgan fingerprint density at radius 2 is 1.88 bits per heavy atom. The van der Waals surface area contributed by atoms with Crippen LogP contribution in [-0.2, 0) is 6.54 Å². The number of nitrogens with one attached hydrogen (secondary N) is 1. The molecule has 1 N–H and O–H groups in total. The predicted molar refractivity (Wildman–Crippen MR) is 73.3 cm³/mol. The quantitative estimate of drug-likeness (QED) is 0.940. The van der Waals surface area contributed by atoms with Crippen molar-refractivity contribution < 1.29 is 0 Å². The average Bonchev–Trinajstić information content (AvgIpc) is 2.36. The first-order valence-corrected chi connectivity index (χ1v) is 6.20. The molecule has 0 aliphatic heterocycles. The van der Waals surface area contributed by atoms with E-state index in [4.69, 9.17) is 0 Å². The number of nitrogens with zero attached hydrogens (tertiary/aromatic N) is 1. The van der Waals surface area contributed by atoms with Crippen LogP contribution < -0.4 is 10.9 Å². The van der Waals surface area contributed by atoms with Crippen LogP contribution in [0.25, 0.3) is 0 Å². The van der Waals surface area contributed by atoms with E-state index in [-0.39, 0.29) is 5.56 Å². The summed E-state index contributed by atoms with van der Waals surface area (Å²) >= 11 is 3.23. The third kappa shape index (κ3) is 3.20. The lowest BCUT2D eigenvalue weighted by Gasteiger charge is -2.08. The van der Waals surface area contributed by atoms with Crippen LogP contribution in [0.5, 0.6) is 0 Å². The highest BCUT2D eigenvalue weighted by Crippen LogP contribution is 2.04. The number of aromatic nitrogens is 1. The maximum Gasteiger partial charge on any atom is 0.264 e. The lowest BCUT2D eigenvalue weighted by atomic mass is 10.3. The van der Waals surface area contributed by atoms with Crippen molar-refractivity contribution in [2.24, 2.45) is 0 Å². The van der Waals surface area contributed by atoms with Gasteiger partial charge in [0.1, 0.15) is 0 Å². The number of rotatable bonds is 4. The fraction of sp³-hybridized carbons (Fsp3) is 0.154. The number of halogens is 1. The van der Waals surface area contributed by atoms with Crippen molar-refractivity contribution in [3.05, 3.63) is 63.5 Å². The van der Waals surface area contributed by atoms with Gasteiger partial charge in [-0.2, -0.15) is 0 Å². The van der Waals surface area contributed by atoms with Gasteiger partial charge >= 0.3 is 0 Å². The highest BCUT2D eigenvalue weighted by Gasteiger charge is 1.98. The maximum absolute atomic E-state index is 11.7. The number of hydrogen-bond donors (Lipinski definition) is 1. The molecule has 0 aliphatic carbocycles. The fourth-order valence-corrected chi connectivity index (χ4v) is 1.94. The molecule has 1 aromatic heterocycles. The van der Waals surface area contributed by atoms with Crippen molar-refractivity contribution in [2.45, 2.75) is 6.54 Å². The Balaban J connectivity index is 1.95. The highest BCUT2D eigenvalue weighted by atomic mass is 79.9. The SMILES string of the molecule is O=c1c(Br)cccn1CCNc1ccccc1. The lowest BCUT2D eigenvalue weighted by molar-refractivity contribution is 0.694. The van der Waals surface area contributed by atoms with Gasteiger partial charge in [0.25, 0.3) is 5.56 Å². The summed E-state index contributed by atoms with van der Waals surface area (Å²) in [6.07, 6.45) is 1.79. The topological polar surface area (TPSA) is 34.0 Å². The minimum absolute atomic E-state index is 0.00219. The largest absolute Gasteiger partial charge is 0.383 e. The molecule has 0 saturated heterocycles. The molecule has 0 radical (unpaired) electrons. The predicted octanol–water partition coefficient (Wildman–Crippen LogP) is 2.72. The smallest absolute Gasteiger partial charge is 0.264 e. The Bertz CT molecular complexity index is 537. The van der Waals surface area contributed by atoms with Gasteiger partial charge in [-0.1, -0.05) is 18.2 Å². The number of benzene rings is 1. The Morgan fingerprint density at radius 3 is 2.65 bits per heavy atom. The average molecular weight is 293 g/mol. The molecule has 0 unspecified atom stereocenters. The molecule has 0 fully saturated rings. The summed E-state index contributed by atoms with van der Waals surface area (Å²) < 4.78 is 2.28. The molecule has 17 heavy (non-hydrogen) atoms. The molecule has 0 amide bonds. The first-order valence-electron chi connectivity index (χ1n) is 5.41. The Labute approximate surface area is 108 Å². The molecule has 3 nitrogen and oxygen atoms in total. The van der Waals surface area contributed by atoms with Crippen LogP contribution in [0.2, 0.25) is 0 Å². The third-order valence-electron chi connectivity index (χ3n) is 2.43. The van der Waals surface area contributed by atoms with Gasteiger partial charge in [0.05, 0.1) is 4.47 Å². The standard InChI is InChI=1S/C13H13BrN2O/c14-12-7-4-9-16(13(12)17)10-8-15-11-5-2-1-3-6-11/h1-7,9,15H,8,10H2. The monoisotopic (exact) mass is 292 g/mol. The van der Waals surface area contributed by atoms with E-state index < -0.39 is 0 Å². The van der Waals surface area contributed by atoms with E-state index in [2.05, 4.69) is 21.2 Å². The van der Waals surface area contributed by atoms with E-state index in [0.29, 0.717) is 11.0 Å². The lowest BCUT2D eigenvalue weighted by Crippen LogP contribution is -2.23. The first-order chi connectivity index (χ1) is 8.27. The molecule has 88 valence electrons. The molecular formula is C13H13BrN2O. The van der Waals surface area contributed by atoms with Crippen molar-refractivity contribution in [3.8, 4) is 0 Å². The normalized spacial score (nSPS) is 10.2. The summed E-state index contributed by atoms with van der Waals surface area (Å²) in [7, 11) is 0. The van der Waals surface area contributed by atoms with Crippen LogP contribution in [-0.4, -0.2) is 11.1 Å². The van der Waals surface area contributed by atoms with Gasteiger partial charge in [-0.15, -0.1) is 0 Å². The second kappa shape index (κ2) is 5.68. The second-order valence-electron chi connectivity index (χ2n) is 3.65. The van der Waals surface area contributed by atoms with E-state index in [9.17, 15) is 4.79 Å². The zero-order valence-corrected chi connectivity index (χ0v) is 10.9. The summed E-state index contributed by atoms with van der Waals surface area (Å²) in [6, 6.07) is 13.6. The van der Waals surface area contributed by atoms with E-state index in [1.165, 1.54) is 0 Å². The molecule has 4 heteroatoms. The summed E-state index contributed by atoms with van der Waals surface area (Å²) in [5.74, 6) is 0. The molecular weight excluding hydrogens is 280 g/mol. The summed E-state index contributed by atoms with van der Waals surface area (Å²) in [4.78, 5) is 11.7. The number of anilines is 1. The molecule has 2 rings (SSSR count). The van der Waals surface area contributed by atoms with Crippen LogP contribution in [0.4, 0.5) is 5.69 Å². The summed E-state index contributed by atoms with van der Waals surface area (Å²) in [5, 5.41) is 3.26. The van der Waals surface area contributed by atoms with Crippen LogP contribution in [0.15, 0.2) is 57.9 Å². The maximum atomic E-state index is 11.7. The Kier molecular flexibility index (Phi) is 3.98. The van der Waals surface area contributed by atoms with Crippen LogP contribution in [0, 0.1) is 0 Å². The van der Waals surface area contributed by atoms with Gasteiger partial charge in [-0.05, 0) is 40.2 Å². The molecule has 1 aromatic carbocycles. The van der Waals surface area contributed by atoms with Gasteiger partial charge in [0.2, 0.25) is 0 Å². The van der Waals surface area contributed by atoms with Crippen molar-refractivity contribution >= 4 is 21.6 Å². The third-order valence-corrected chi connectivity index (χ3v) is 3.03. The summed E-state index contributed by atoms with van der Waals surface area (Å²) in [5.41, 5.74) is 1.07.